The number of aromatic nitrogens is 3. The van der Waals surface area contributed by atoms with Crippen LogP contribution in [0.2, 0.25) is 0 Å². The number of carbonyl (C=O) groups is 1. The van der Waals surface area contributed by atoms with Crippen molar-refractivity contribution >= 4 is 17.2 Å². The minimum absolute atomic E-state index is 0.0163. The molecular weight excluding hydrogens is 357 g/mol. The zero-order chi connectivity index (χ0) is 19.2. The topological polar surface area (TPSA) is 59.3 Å². The van der Waals surface area contributed by atoms with Crippen LogP contribution in [0.5, 0.6) is 0 Å². The fraction of sp³-hybridized carbons (Fsp3) is 0.316. The number of carbonyl (C=O) groups excluding carboxylic acids is 1. The molecule has 8 heteroatoms. The third kappa shape index (κ3) is 3.39. The molecule has 1 aliphatic rings. The van der Waals surface area contributed by atoms with Gasteiger partial charge < -0.3 is 5.32 Å². The van der Waals surface area contributed by atoms with Gasteiger partial charge in [0, 0.05) is 17.3 Å². The zero-order valence-electron chi connectivity index (χ0n) is 14.5. The molecule has 0 saturated heterocycles. The van der Waals surface area contributed by atoms with Crippen molar-refractivity contribution in [2.75, 3.05) is 5.32 Å². The summed E-state index contributed by atoms with van der Waals surface area (Å²) >= 11 is 0. The predicted molar refractivity (Wildman–Crippen MR) is 93.7 cm³/mol. The molecule has 1 fully saturated rings. The molecule has 5 nitrogen and oxygen atoms in total. The average molecular weight is 374 g/mol. The number of anilines is 1. The summed E-state index contributed by atoms with van der Waals surface area (Å²) in [4.78, 5) is 16.9. The minimum Gasteiger partial charge on any atom is -0.322 e. The Morgan fingerprint density at radius 2 is 1.96 bits per heavy atom. The normalized spacial score (nSPS) is 14.5. The van der Waals surface area contributed by atoms with Crippen LogP contribution in [0.4, 0.5) is 18.9 Å². The van der Waals surface area contributed by atoms with Gasteiger partial charge in [-0.1, -0.05) is 19.1 Å². The third-order valence-electron chi connectivity index (χ3n) is 4.64. The molecule has 2 aromatic heterocycles. The van der Waals surface area contributed by atoms with E-state index in [4.69, 9.17) is 0 Å². The van der Waals surface area contributed by atoms with Crippen molar-refractivity contribution in [3.63, 3.8) is 0 Å². The maximum Gasteiger partial charge on any atom is 0.433 e. The number of fused-ring (bicyclic) bond motifs is 1. The van der Waals surface area contributed by atoms with Gasteiger partial charge in [-0.05, 0) is 43.0 Å². The minimum atomic E-state index is -4.58. The number of benzene rings is 1. The van der Waals surface area contributed by atoms with Crippen molar-refractivity contribution in [1.82, 2.24) is 14.6 Å². The summed E-state index contributed by atoms with van der Waals surface area (Å²) in [5.41, 5.74) is 1.06. The van der Waals surface area contributed by atoms with Gasteiger partial charge in [-0.3, -0.25) is 4.79 Å². The van der Waals surface area contributed by atoms with Crippen molar-refractivity contribution in [3.05, 3.63) is 59.0 Å². The Labute approximate surface area is 153 Å². The molecule has 1 aromatic carbocycles. The summed E-state index contributed by atoms with van der Waals surface area (Å²) in [6.45, 7) is 2.02. The van der Waals surface area contributed by atoms with E-state index in [2.05, 4.69) is 15.4 Å². The summed E-state index contributed by atoms with van der Waals surface area (Å²) in [7, 11) is 0. The molecule has 3 aromatic rings. The van der Waals surface area contributed by atoms with Crippen LogP contribution in [-0.2, 0) is 12.6 Å². The summed E-state index contributed by atoms with van der Waals surface area (Å²) < 4.78 is 41.0. The number of rotatable bonds is 4. The van der Waals surface area contributed by atoms with Crippen LogP contribution in [0.15, 0.2) is 36.5 Å². The van der Waals surface area contributed by atoms with E-state index in [1.807, 2.05) is 19.1 Å². The van der Waals surface area contributed by atoms with Gasteiger partial charge in [0.25, 0.3) is 5.91 Å². The predicted octanol–water partition coefficient (Wildman–Crippen LogP) is 4.44. The molecule has 1 aliphatic carbocycles. The molecule has 27 heavy (non-hydrogen) atoms. The second-order valence-corrected chi connectivity index (χ2v) is 6.64. The van der Waals surface area contributed by atoms with Crippen LogP contribution in [0.25, 0.3) is 5.65 Å². The first kappa shape index (κ1) is 17.5. The van der Waals surface area contributed by atoms with Crippen LogP contribution in [-0.4, -0.2) is 20.5 Å². The Balaban J connectivity index is 1.72. The number of hydrogen-bond donors (Lipinski definition) is 1. The number of nitrogens with zero attached hydrogens (tertiary/aromatic N) is 3. The van der Waals surface area contributed by atoms with Crippen LogP contribution in [0.1, 0.15) is 53.0 Å². The molecule has 1 amide bonds. The second kappa shape index (κ2) is 6.37. The van der Waals surface area contributed by atoms with Crippen molar-refractivity contribution in [2.24, 2.45) is 0 Å². The van der Waals surface area contributed by atoms with Crippen LogP contribution in [0, 0.1) is 0 Å². The Hall–Kier alpha value is -2.90. The van der Waals surface area contributed by atoms with Crippen LogP contribution in [0.3, 0.4) is 0 Å². The number of amides is 1. The van der Waals surface area contributed by atoms with E-state index < -0.39 is 17.8 Å². The molecule has 0 unspecified atom stereocenters. The van der Waals surface area contributed by atoms with Crippen molar-refractivity contribution in [1.29, 1.82) is 0 Å². The Morgan fingerprint density at radius 3 is 2.56 bits per heavy atom. The molecule has 0 aliphatic heterocycles. The van der Waals surface area contributed by atoms with Gasteiger partial charge in [-0.2, -0.15) is 18.3 Å². The Bertz CT molecular complexity index is 1000. The highest BCUT2D eigenvalue weighted by Gasteiger charge is 2.37. The van der Waals surface area contributed by atoms with E-state index >= 15 is 0 Å². The molecule has 4 rings (SSSR count). The van der Waals surface area contributed by atoms with Gasteiger partial charge >= 0.3 is 6.18 Å². The Morgan fingerprint density at radius 1 is 1.26 bits per heavy atom. The fourth-order valence-electron chi connectivity index (χ4n) is 2.95. The highest BCUT2D eigenvalue weighted by Crippen LogP contribution is 2.41. The second-order valence-electron chi connectivity index (χ2n) is 6.64. The van der Waals surface area contributed by atoms with Gasteiger partial charge in [-0.25, -0.2) is 9.50 Å². The van der Waals surface area contributed by atoms with Gasteiger partial charge in [0.2, 0.25) is 0 Å². The van der Waals surface area contributed by atoms with E-state index in [0.717, 1.165) is 37.1 Å². The molecular formula is C19H17F3N4O. The molecule has 0 bridgehead atoms. The number of aryl methyl sites for hydroxylation is 1. The number of hydrogen-bond acceptors (Lipinski definition) is 3. The first-order chi connectivity index (χ1) is 12.9. The molecule has 140 valence electrons. The molecule has 1 saturated carbocycles. The SMILES string of the molecule is CCc1ccc(NC(=O)c2cnn3c(C(F)(F)F)cc(C4CC4)nc23)cc1. The van der Waals surface area contributed by atoms with Gasteiger partial charge in [0.15, 0.2) is 5.65 Å². The van der Waals surface area contributed by atoms with E-state index in [0.29, 0.717) is 15.9 Å². The molecule has 0 atom stereocenters. The average Bonchev–Trinajstić information content (AvgIpc) is 3.40. The largest absolute Gasteiger partial charge is 0.433 e. The van der Waals surface area contributed by atoms with E-state index in [9.17, 15) is 18.0 Å². The molecule has 2 heterocycles. The fourth-order valence-corrected chi connectivity index (χ4v) is 2.95. The summed E-state index contributed by atoms with van der Waals surface area (Å²) in [5, 5.41) is 6.47. The smallest absolute Gasteiger partial charge is 0.322 e. The monoisotopic (exact) mass is 374 g/mol. The lowest BCUT2D eigenvalue weighted by molar-refractivity contribution is -0.142. The number of alkyl halides is 3. The van der Waals surface area contributed by atoms with Crippen LogP contribution >= 0.6 is 0 Å². The third-order valence-corrected chi connectivity index (χ3v) is 4.64. The summed E-state index contributed by atoms with van der Waals surface area (Å²) in [6.07, 6.45) is -0.971. The lowest BCUT2D eigenvalue weighted by Crippen LogP contribution is -2.16. The highest BCUT2D eigenvalue weighted by molar-refractivity contribution is 6.08. The lowest BCUT2D eigenvalue weighted by Gasteiger charge is -2.11. The summed E-state index contributed by atoms with van der Waals surface area (Å²) in [6, 6.07) is 8.32. The first-order valence-corrected chi connectivity index (χ1v) is 8.73. The van der Waals surface area contributed by atoms with Crippen LogP contribution < -0.4 is 5.32 Å². The standard InChI is InChI=1S/C19H17F3N4O/c1-2-11-3-7-13(8-4-11)24-18(27)14-10-23-26-16(19(20,21)22)9-15(12-5-6-12)25-17(14)26/h3-4,7-10,12H,2,5-6H2,1H3,(H,24,27). The quantitative estimate of drug-likeness (QED) is 0.734. The molecule has 0 radical (unpaired) electrons. The summed E-state index contributed by atoms with van der Waals surface area (Å²) in [5.74, 6) is -0.522. The Kier molecular flexibility index (Phi) is 4.13. The van der Waals surface area contributed by atoms with Crippen molar-refractivity contribution in [2.45, 2.75) is 38.3 Å². The molecule has 0 spiro atoms. The number of nitrogens with one attached hydrogen (secondary N) is 1. The zero-order valence-corrected chi connectivity index (χ0v) is 14.5. The highest BCUT2D eigenvalue weighted by atomic mass is 19.4. The van der Waals surface area contributed by atoms with Crippen molar-refractivity contribution in [3.8, 4) is 0 Å². The van der Waals surface area contributed by atoms with Gasteiger partial charge in [-0.15, -0.1) is 0 Å². The van der Waals surface area contributed by atoms with E-state index in [-0.39, 0.29) is 17.1 Å². The maximum atomic E-state index is 13.4. The van der Waals surface area contributed by atoms with E-state index in [1.54, 1.807) is 12.1 Å². The first-order valence-electron chi connectivity index (χ1n) is 8.73. The lowest BCUT2D eigenvalue weighted by atomic mass is 10.1. The van der Waals surface area contributed by atoms with Gasteiger partial charge in [0.1, 0.15) is 11.3 Å². The van der Waals surface area contributed by atoms with Gasteiger partial charge in [0.05, 0.1) is 6.20 Å². The molecule has 1 N–H and O–H groups in total. The number of halogens is 3. The van der Waals surface area contributed by atoms with Crippen molar-refractivity contribution < 1.29 is 18.0 Å². The van der Waals surface area contributed by atoms with E-state index in [1.165, 1.54) is 0 Å². The maximum absolute atomic E-state index is 13.4.